The summed E-state index contributed by atoms with van der Waals surface area (Å²) in [5.41, 5.74) is 0.823. The van der Waals surface area contributed by atoms with Gasteiger partial charge in [0, 0.05) is 19.2 Å². The summed E-state index contributed by atoms with van der Waals surface area (Å²) < 4.78 is 50.6. The Hall–Kier alpha value is -3.34. The molecule has 1 aliphatic rings. The van der Waals surface area contributed by atoms with E-state index in [1.807, 2.05) is 0 Å². The number of benzene rings is 2. The molecule has 184 valence electrons. The number of ether oxygens (including phenoxy) is 2. The third-order valence-electron chi connectivity index (χ3n) is 5.28. The zero-order chi connectivity index (χ0) is 24.9. The molecule has 1 N–H and O–H groups in total. The van der Waals surface area contributed by atoms with Crippen LogP contribution in [0.1, 0.15) is 19.4 Å². The van der Waals surface area contributed by atoms with Crippen LogP contribution in [0.3, 0.4) is 0 Å². The highest BCUT2D eigenvalue weighted by Gasteiger charge is 2.30. The van der Waals surface area contributed by atoms with Gasteiger partial charge < -0.3 is 19.7 Å². The number of fused-ring (bicyclic) bond motifs is 1. The lowest BCUT2D eigenvalue weighted by atomic mass is 10.1. The summed E-state index contributed by atoms with van der Waals surface area (Å²) in [4.78, 5) is 27.2. The molecule has 2 aromatic carbocycles. The van der Waals surface area contributed by atoms with Crippen molar-refractivity contribution in [1.29, 1.82) is 0 Å². The topological polar surface area (TPSA) is 105 Å². The van der Waals surface area contributed by atoms with E-state index in [1.165, 1.54) is 41.3 Å². The summed E-state index contributed by atoms with van der Waals surface area (Å²) in [5, 5.41) is 2.67. The van der Waals surface area contributed by atoms with Crippen LogP contribution in [0.4, 0.5) is 10.1 Å². The van der Waals surface area contributed by atoms with Crippen molar-refractivity contribution in [3.8, 4) is 11.5 Å². The average molecular weight is 494 g/mol. The van der Waals surface area contributed by atoms with Crippen molar-refractivity contribution in [2.24, 2.45) is 0 Å². The van der Waals surface area contributed by atoms with Crippen molar-refractivity contribution < 1.29 is 31.9 Å². The lowest BCUT2D eigenvalue weighted by Crippen LogP contribution is -2.51. The summed E-state index contributed by atoms with van der Waals surface area (Å²) in [5.74, 6) is -0.548. The number of carbonyl (C=O) groups excluding carboxylic acids is 2. The molecular formula is C23H28FN3O6S. The van der Waals surface area contributed by atoms with Gasteiger partial charge >= 0.3 is 0 Å². The van der Waals surface area contributed by atoms with E-state index in [4.69, 9.17) is 9.47 Å². The van der Waals surface area contributed by atoms with Gasteiger partial charge in [-0.15, -0.1) is 0 Å². The van der Waals surface area contributed by atoms with Crippen molar-refractivity contribution in [2.75, 3.05) is 36.9 Å². The van der Waals surface area contributed by atoms with Gasteiger partial charge in [0.05, 0.1) is 11.9 Å². The second kappa shape index (κ2) is 10.7. The summed E-state index contributed by atoms with van der Waals surface area (Å²) in [6.45, 7) is 3.85. The number of anilines is 1. The van der Waals surface area contributed by atoms with Gasteiger partial charge in [-0.05, 0) is 43.7 Å². The van der Waals surface area contributed by atoms with Crippen molar-refractivity contribution in [3.63, 3.8) is 0 Å². The van der Waals surface area contributed by atoms with Crippen molar-refractivity contribution in [3.05, 3.63) is 53.8 Å². The Kier molecular flexibility index (Phi) is 7.98. The summed E-state index contributed by atoms with van der Waals surface area (Å²) in [7, 11) is -3.87. The number of likely N-dealkylation sites (N-methyl/N-ethyl adjacent to an activating group) is 1. The second-order valence-electron chi connectivity index (χ2n) is 7.82. The number of halogens is 1. The van der Waals surface area contributed by atoms with E-state index in [2.05, 4.69) is 5.32 Å². The molecule has 0 aliphatic carbocycles. The van der Waals surface area contributed by atoms with E-state index >= 15 is 0 Å². The fourth-order valence-corrected chi connectivity index (χ4v) is 4.33. The van der Waals surface area contributed by atoms with E-state index in [0.29, 0.717) is 36.8 Å². The number of amides is 2. The van der Waals surface area contributed by atoms with Crippen molar-refractivity contribution >= 4 is 27.5 Å². The normalized spacial score (nSPS) is 13.6. The van der Waals surface area contributed by atoms with Crippen molar-refractivity contribution in [1.82, 2.24) is 10.2 Å². The number of nitrogens with zero attached hydrogens (tertiary/aromatic N) is 2. The monoisotopic (exact) mass is 493 g/mol. The van der Waals surface area contributed by atoms with E-state index in [0.717, 1.165) is 10.6 Å². The first-order chi connectivity index (χ1) is 16.1. The van der Waals surface area contributed by atoms with Gasteiger partial charge in [-0.1, -0.05) is 12.1 Å². The van der Waals surface area contributed by atoms with Crippen molar-refractivity contribution in [2.45, 2.75) is 26.4 Å². The molecule has 1 aliphatic heterocycles. The Morgan fingerprint density at radius 2 is 1.74 bits per heavy atom. The Labute approximate surface area is 198 Å². The third kappa shape index (κ3) is 6.16. The number of hydrogen-bond donors (Lipinski definition) is 1. The minimum Gasteiger partial charge on any atom is -0.486 e. The quantitative estimate of drug-likeness (QED) is 0.572. The number of hydrogen-bond acceptors (Lipinski definition) is 6. The molecule has 2 aromatic rings. The molecule has 34 heavy (non-hydrogen) atoms. The predicted molar refractivity (Wildman–Crippen MR) is 125 cm³/mol. The Morgan fingerprint density at radius 1 is 1.09 bits per heavy atom. The Balaban J connectivity index is 1.91. The second-order valence-corrected chi connectivity index (χ2v) is 9.72. The van der Waals surface area contributed by atoms with Crippen LogP contribution in [0.25, 0.3) is 0 Å². The highest BCUT2D eigenvalue weighted by molar-refractivity contribution is 7.92. The SMILES string of the molecule is CCNC(=O)[C@H](C)N(Cc1ccc(F)cc1)C(=O)CN(c1ccc2c(c1)OCCO2)S(C)(=O)=O. The molecule has 0 spiro atoms. The smallest absolute Gasteiger partial charge is 0.244 e. The van der Waals surface area contributed by atoms with Crippen LogP contribution in [0.2, 0.25) is 0 Å². The van der Waals surface area contributed by atoms with Gasteiger partial charge in [0.15, 0.2) is 11.5 Å². The summed E-state index contributed by atoms with van der Waals surface area (Å²) >= 11 is 0. The standard InChI is InChI=1S/C23H28FN3O6S/c1-4-25-23(29)16(2)26(14-17-5-7-18(24)8-6-17)22(28)15-27(34(3,30)31)19-9-10-20-21(13-19)33-12-11-32-20/h5-10,13,16H,4,11-12,14-15H2,1-3H3,(H,25,29)/t16-/m0/s1. The summed E-state index contributed by atoms with van der Waals surface area (Å²) in [6.07, 6.45) is 0.995. The molecular weight excluding hydrogens is 465 g/mol. The lowest BCUT2D eigenvalue weighted by Gasteiger charge is -2.31. The largest absolute Gasteiger partial charge is 0.486 e. The van der Waals surface area contributed by atoms with E-state index in [-0.39, 0.29) is 18.1 Å². The summed E-state index contributed by atoms with van der Waals surface area (Å²) in [6, 6.07) is 9.25. The van der Waals surface area contributed by atoms with E-state index in [9.17, 15) is 22.4 Å². The molecule has 0 fully saturated rings. The molecule has 0 bridgehead atoms. The first-order valence-electron chi connectivity index (χ1n) is 10.8. The van der Waals surface area contributed by atoms with Crippen LogP contribution >= 0.6 is 0 Å². The third-order valence-corrected chi connectivity index (χ3v) is 6.42. The number of rotatable bonds is 9. The molecule has 1 heterocycles. The molecule has 0 aromatic heterocycles. The molecule has 0 unspecified atom stereocenters. The lowest BCUT2D eigenvalue weighted by molar-refractivity contribution is -0.139. The van der Waals surface area contributed by atoms with Gasteiger partial charge in [-0.25, -0.2) is 12.8 Å². The molecule has 9 nitrogen and oxygen atoms in total. The Bertz CT molecular complexity index is 1140. The minimum absolute atomic E-state index is 0.00381. The van der Waals surface area contributed by atoms with Gasteiger partial charge in [-0.2, -0.15) is 0 Å². The predicted octanol–water partition coefficient (Wildman–Crippen LogP) is 1.92. The fourth-order valence-electron chi connectivity index (χ4n) is 3.49. The van der Waals surface area contributed by atoms with Crippen LogP contribution in [0.5, 0.6) is 11.5 Å². The number of carbonyl (C=O) groups is 2. The number of nitrogens with one attached hydrogen (secondary N) is 1. The maximum Gasteiger partial charge on any atom is 0.244 e. The van der Waals surface area contributed by atoms with Gasteiger partial charge in [0.1, 0.15) is 31.6 Å². The first-order valence-corrected chi connectivity index (χ1v) is 12.6. The average Bonchev–Trinajstić information content (AvgIpc) is 2.80. The van der Waals surface area contributed by atoms with Crippen LogP contribution in [-0.2, 0) is 26.2 Å². The van der Waals surface area contributed by atoms with Gasteiger partial charge in [0.25, 0.3) is 0 Å². The minimum atomic E-state index is -3.87. The first kappa shape index (κ1) is 25.3. The molecule has 11 heteroatoms. The highest BCUT2D eigenvalue weighted by atomic mass is 32.2. The molecule has 0 radical (unpaired) electrons. The molecule has 0 saturated heterocycles. The fraction of sp³-hybridized carbons (Fsp3) is 0.391. The molecule has 0 saturated carbocycles. The zero-order valence-electron chi connectivity index (χ0n) is 19.3. The zero-order valence-corrected chi connectivity index (χ0v) is 20.1. The molecule has 3 rings (SSSR count). The van der Waals surface area contributed by atoms with Crippen LogP contribution in [-0.4, -0.2) is 63.7 Å². The van der Waals surface area contributed by atoms with Crippen LogP contribution < -0.4 is 19.1 Å². The maximum absolute atomic E-state index is 13.4. The Morgan fingerprint density at radius 3 is 2.35 bits per heavy atom. The maximum atomic E-state index is 13.4. The van der Waals surface area contributed by atoms with Crippen LogP contribution in [0, 0.1) is 5.82 Å². The van der Waals surface area contributed by atoms with Gasteiger partial charge in [0.2, 0.25) is 21.8 Å². The molecule has 2 amide bonds. The van der Waals surface area contributed by atoms with Gasteiger partial charge in [-0.3, -0.25) is 13.9 Å². The highest BCUT2D eigenvalue weighted by Crippen LogP contribution is 2.34. The molecule has 1 atom stereocenters. The van der Waals surface area contributed by atoms with E-state index < -0.39 is 34.3 Å². The number of sulfonamides is 1. The van der Waals surface area contributed by atoms with Crippen LogP contribution in [0.15, 0.2) is 42.5 Å². The van der Waals surface area contributed by atoms with E-state index in [1.54, 1.807) is 19.9 Å².